The number of nitrogens with one attached hydrogen (secondary N) is 1. The van der Waals surface area contributed by atoms with Crippen molar-refractivity contribution in [2.24, 2.45) is 0 Å². The summed E-state index contributed by atoms with van der Waals surface area (Å²) in [4.78, 5) is 15.7. The topological polar surface area (TPSA) is 42.0 Å². The van der Waals surface area contributed by atoms with E-state index in [0.717, 1.165) is 18.5 Å². The van der Waals surface area contributed by atoms with Crippen molar-refractivity contribution < 1.29 is 4.79 Å². The van der Waals surface area contributed by atoms with E-state index in [1.165, 1.54) is 11.1 Å². The summed E-state index contributed by atoms with van der Waals surface area (Å²) >= 11 is 0. The number of benzene rings is 1. The van der Waals surface area contributed by atoms with E-state index in [-0.39, 0.29) is 5.91 Å². The second-order valence-electron chi connectivity index (χ2n) is 4.63. The Balaban J connectivity index is 1.74. The molecule has 0 aliphatic carbocycles. The minimum absolute atomic E-state index is 0.0418. The number of rotatable bonds is 5. The van der Waals surface area contributed by atoms with Crippen LogP contribution in [0.25, 0.3) is 0 Å². The number of hydrogen-bond acceptors (Lipinski definition) is 2. The van der Waals surface area contributed by atoms with Crippen molar-refractivity contribution in [1.29, 1.82) is 0 Å². The van der Waals surface area contributed by atoms with Crippen LogP contribution >= 0.6 is 0 Å². The molecular formula is C16H18N2O. The summed E-state index contributed by atoms with van der Waals surface area (Å²) in [5.41, 5.74) is 3.29. The normalized spacial score (nSPS) is 10.2. The van der Waals surface area contributed by atoms with Gasteiger partial charge in [0.2, 0.25) is 5.91 Å². The van der Waals surface area contributed by atoms with Gasteiger partial charge in [0.25, 0.3) is 0 Å². The fraction of sp³-hybridized carbons (Fsp3) is 0.250. The lowest BCUT2D eigenvalue weighted by molar-refractivity contribution is -0.116. The molecule has 2 rings (SSSR count). The maximum Gasteiger partial charge on any atom is 0.224 e. The second-order valence-corrected chi connectivity index (χ2v) is 4.63. The average Bonchev–Trinajstić information content (AvgIpc) is 2.42. The Labute approximate surface area is 113 Å². The second kappa shape index (κ2) is 6.69. The largest absolute Gasteiger partial charge is 0.325 e. The molecule has 0 spiro atoms. The van der Waals surface area contributed by atoms with Crippen LogP contribution < -0.4 is 5.32 Å². The van der Waals surface area contributed by atoms with Gasteiger partial charge < -0.3 is 5.32 Å². The summed E-state index contributed by atoms with van der Waals surface area (Å²) in [5, 5.41) is 2.84. The van der Waals surface area contributed by atoms with Gasteiger partial charge in [0.05, 0.1) is 11.9 Å². The van der Waals surface area contributed by atoms with Crippen molar-refractivity contribution >= 4 is 11.6 Å². The van der Waals surface area contributed by atoms with Crippen LogP contribution in [-0.4, -0.2) is 10.9 Å². The molecule has 3 heteroatoms. The Kier molecular flexibility index (Phi) is 4.67. The molecule has 0 radical (unpaired) electrons. The van der Waals surface area contributed by atoms with Crippen LogP contribution in [0.4, 0.5) is 5.69 Å². The molecule has 0 aliphatic rings. The first-order valence-electron chi connectivity index (χ1n) is 6.49. The lowest BCUT2D eigenvalue weighted by atomic mass is 10.1. The van der Waals surface area contributed by atoms with Crippen molar-refractivity contribution in [2.75, 3.05) is 5.32 Å². The Morgan fingerprint density at radius 2 is 2.00 bits per heavy atom. The zero-order valence-electron chi connectivity index (χ0n) is 11.1. The van der Waals surface area contributed by atoms with Crippen molar-refractivity contribution in [2.45, 2.75) is 26.2 Å². The minimum atomic E-state index is 0.0418. The summed E-state index contributed by atoms with van der Waals surface area (Å²) in [5.74, 6) is 0.0418. The molecule has 0 unspecified atom stereocenters. The number of amides is 1. The molecule has 1 N–H and O–H groups in total. The van der Waals surface area contributed by atoms with Gasteiger partial charge in [-0.3, -0.25) is 9.78 Å². The van der Waals surface area contributed by atoms with E-state index in [2.05, 4.69) is 41.5 Å². The molecule has 0 fully saturated rings. The number of carbonyl (C=O) groups excluding carboxylic acids is 1. The predicted octanol–water partition coefficient (Wildman–Crippen LogP) is 3.35. The summed E-state index contributed by atoms with van der Waals surface area (Å²) in [6.45, 7) is 2.07. The first-order chi connectivity index (χ1) is 9.24. The molecule has 0 atom stereocenters. The van der Waals surface area contributed by atoms with Gasteiger partial charge >= 0.3 is 0 Å². The van der Waals surface area contributed by atoms with E-state index < -0.39 is 0 Å². The van der Waals surface area contributed by atoms with Gasteiger partial charge in [-0.2, -0.15) is 0 Å². The van der Waals surface area contributed by atoms with Gasteiger partial charge in [-0.25, -0.2) is 0 Å². The highest BCUT2D eigenvalue weighted by Crippen LogP contribution is 2.09. The molecule has 0 saturated heterocycles. The maximum atomic E-state index is 11.7. The molecule has 0 bridgehead atoms. The van der Waals surface area contributed by atoms with E-state index in [0.29, 0.717) is 6.42 Å². The molecular weight excluding hydrogens is 236 g/mol. The molecule has 1 heterocycles. The molecule has 3 nitrogen and oxygen atoms in total. The average molecular weight is 254 g/mol. The van der Waals surface area contributed by atoms with Gasteiger partial charge in [0.1, 0.15) is 0 Å². The number of hydrogen-bond donors (Lipinski definition) is 1. The van der Waals surface area contributed by atoms with Crippen LogP contribution in [0.15, 0.2) is 48.8 Å². The molecule has 19 heavy (non-hydrogen) atoms. The number of pyridine rings is 1. The molecule has 0 saturated carbocycles. The van der Waals surface area contributed by atoms with E-state index >= 15 is 0 Å². The Hall–Kier alpha value is -2.16. The Bertz CT molecular complexity index is 520. The maximum absolute atomic E-state index is 11.7. The zero-order valence-corrected chi connectivity index (χ0v) is 11.1. The smallest absolute Gasteiger partial charge is 0.224 e. The number of anilines is 1. The highest BCUT2D eigenvalue weighted by molar-refractivity contribution is 5.90. The van der Waals surface area contributed by atoms with Gasteiger partial charge in [-0.05, 0) is 37.5 Å². The van der Waals surface area contributed by atoms with Crippen LogP contribution in [0, 0.1) is 6.92 Å². The van der Waals surface area contributed by atoms with E-state index in [1.807, 2.05) is 12.1 Å². The van der Waals surface area contributed by atoms with Crippen LogP contribution in [0.2, 0.25) is 0 Å². The van der Waals surface area contributed by atoms with Crippen molar-refractivity contribution in [3.8, 4) is 0 Å². The quantitative estimate of drug-likeness (QED) is 0.889. The summed E-state index contributed by atoms with van der Waals surface area (Å²) in [6.07, 6.45) is 5.66. The Morgan fingerprint density at radius 1 is 1.21 bits per heavy atom. The molecule has 1 amide bonds. The monoisotopic (exact) mass is 254 g/mol. The SMILES string of the molecule is Cc1ccc(CCCC(=O)Nc2cccnc2)cc1. The van der Waals surface area contributed by atoms with Crippen LogP contribution in [0.3, 0.4) is 0 Å². The van der Waals surface area contributed by atoms with E-state index in [9.17, 15) is 4.79 Å². The zero-order chi connectivity index (χ0) is 13.5. The van der Waals surface area contributed by atoms with Crippen molar-refractivity contribution in [1.82, 2.24) is 4.98 Å². The van der Waals surface area contributed by atoms with Crippen LogP contribution in [0.1, 0.15) is 24.0 Å². The Morgan fingerprint density at radius 3 is 2.68 bits per heavy atom. The molecule has 1 aromatic heterocycles. The first kappa shape index (κ1) is 13.3. The van der Waals surface area contributed by atoms with Crippen molar-refractivity contribution in [3.05, 3.63) is 59.9 Å². The molecule has 1 aromatic carbocycles. The van der Waals surface area contributed by atoms with Crippen molar-refractivity contribution in [3.63, 3.8) is 0 Å². The van der Waals surface area contributed by atoms with E-state index in [4.69, 9.17) is 0 Å². The highest BCUT2D eigenvalue weighted by Gasteiger charge is 2.02. The molecule has 0 aliphatic heterocycles. The third-order valence-corrected chi connectivity index (χ3v) is 2.94. The third kappa shape index (κ3) is 4.54. The van der Waals surface area contributed by atoms with Gasteiger partial charge in [-0.1, -0.05) is 29.8 Å². The number of aryl methyl sites for hydroxylation is 2. The number of carbonyl (C=O) groups is 1. The third-order valence-electron chi connectivity index (χ3n) is 2.94. The summed E-state index contributed by atoms with van der Waals surface area (Å²) in [6, 6.07) is 12.1. The van der Waals surface area contributed by atoms with E-state index in [1.54, 1.807) is 12.4 Å². The van der Waals surface area contributed by atoms with Crippen LogP contribution in [-0.2, 0) is 11.2 Å². The predicted molar refractivity (Wildman–Crippen MR) is 77.0 cm³/mol. The summed E-state index contributed by atoms with van der Waals surface area (Å²) < 4.78 is 0. The molecule has 2 aromatic rings. The minimum Gasteiger partial charge on any atom is -0.325 e. The van der Waals surface area contributed by atoms with Gasteiger partial charge in [-0.15, -0.1) is 0 Å². The summed E-state index contributed by atoms with van der Waals surface area (Å²) in [7, 11) is 0. The lowest BCUT2D eigenvalue weighted by Gasteiger charge is -2.05. The van der Waals surface area contributed by atoms with Crippen LogP contribution in [0.5, 0.6) is 0 Å². The fourth-order valence-electron chi connectivity index (χ4n) is 1.87. The van der Waals surface area contributed by atoms with Gasteiger partial charge in [0.15, 0.2) is 0 Å². The van der Waals surface area contributed by atoms with Gasteiger partial charge in [0, 0.05) is 12.6 Å². The standard InChI is InChI=1S/C16H18N2O/c1-13-7-9-14(10-8-13)4-2-6-16(19)18-15-5-3-11-17-12-15/h3,5,7-12H,2,4,6H2,1H3,(H,18,19). The number of nitrogens with zero attached hydrogens (tertiary/aromatic N) is 1. The fourth-order valence-corrected chi connectivity index (χ4v) is 1.87. The number of aromatic nitrogens is 1. The molecule has 98 valence electrons. The highest BCUT2D eigenvalue weighted by atomic mass is 16.1. The lowest BCUT2D eigenvalue weighted by Crippen LogP contribution is -2.11. The first-order valence-corrected chi connectivity index (χ1v) is 6.49.